The van der Waals surface area contributed by atoms with Crippen LogP contribution in [-0.4, -0.2) is 29.0 Å². The number of hydrogen-bond donors (Lipinski definition) is 3. The number of carboxylic acid groups (broad SMARTS) is 1. The van der Waals surface area contributed by atoms with Gasteiger partial charge in [-0.05, 0) is 36.5 Å². The Labute approximate surface area is 157 Å². The van der Waals surface area contributed by atoms with Crippen LogP contribution in [0.3, 0.4) is 0 Å². The SMILES string of the molecule is O=C(O)COc1ccccc1/C=N\NC(=S)Nc1ccccc1C(F)(F)F. The summed E-state index contributed by atoms with van der Waals surface area (Å²) in [5.74, 6) is -0.847. The molecule has 0 heterocycles. The van der Waals surface area contributed by atoms with Gasteiger partial charge in [0.15, 0.2) is 11.7 Å². The van der Waals surface area contributed by atoms with E-state index in [1.54, 1.807) is 24.3 Å². The number of nitrogens with zero attached hydrogens (tertiary/aromatic N) is 1. The molecule has 6 nitrogen and oxygen atoms in total. The van der Waals surface area contributed by atoms with E-state index in [9.17, 15) is 18.0 Å². The first-order chi connectivity index (χ1) is 12.8. The molecule has 0 amide bonds. The molecule has 0 aliphatic rings. The van der Waals surface area contributed by atoms with Gasteiger partial charge in [0.2, 0.25) is 0 Å². The monoisotopic (exact) mass is 397 g/mol. The van der Waals surface area contributed by atoms with Crippen molar-refractivity contribution in [2.24, 2.45) is 5.10 Å². The molecule has 0 saturated carbocycles. The molecule has 0 saturated heterocycles. The molecule has 10 heteroatoms. The normalized spacial score (nSPS) is 11.2. The van der Waals surface area contributed by atoms with E-state index in [-0.39, 0.29) is 16.5 Å². The fourth-order valence-electron chi connectivity index (χ4n) is 2.01. The molecular weight excluding hydrogens is 383 g/mol. The Kier molecular flexibility index (Phi) is 6.72. The van der Waals surface area contributed by atoms with Gasteiger partial charge in [-0.1, -0.05) is 24.3 Å². The Morgan fingerprint density at radius 3 is 2.56 bits per heavy atom. The van der Waals surface area contributed by atoms with E-state index < -0.39 is 24.3 Å². The lowest BCUT2D eigenvalue weighted by Crippen LogP contribution is -2.25. The van der Waals surface area contributed by atoms with E-state index in [4.69, 9.17) is 22.1 Å². The Balaban J connectivity index is 2.02. The molecule has 142 valence electrons. The second-order valence-electron chi connectivity index (χ2n) is 5.09. The third kappa shape index (κ3) is 6.26. The maximum absolute atomic E-state index is 13.0. The first-order valence-corrected chi connectivity index (χ1v) is 7.88. The molecule has 0 radical (unpaired) electrons. The van der Waals surface area contributed by atoms with Crippen molar-refractivity contribution < 1.29 is 27.8 Å². The highest BCUT2D eigenvalue weighted by molar-refractivity contribution is 7.80. The number of aliphatic carboxylic acids is 1. The summed E-state index contributed by atoms with van der Waals surface area (Å²) in [6, 6.07) is 11.4. The van der Waals surface area contributed by atoms with Crippen molar-refractivity contribution in [3.63, 3.8) is 0 Å². The maximum atomic E-state index is 13.0. The molecule has 0 aliphatic carbocycles. The fourth-order valence-corrected chi connectivity index (χ4v) is 2.17. The van der Waals surface area contributed by atoms with Gasteiger partial charge in [-0.15, -0.1) is 0 Å². The summed E-state index contributed by atoms with van der Waals surface area (Å²) >= 11 is 4.94. The average molecular weight is 397 g/mol. The topological polar surface area (TPSA) is 83.0 Å². The highest BCUT2D eigenvalue weighted by Gasteiger charge is 2.33. The van der Waals surface area contributed by atoms with Crippen LogP contribution in [0.1, 0.15) is 11.1 Å². The van der Waals surface area contributed by atoms with Crippen LogP contribution in [0.4, 0.5) is 18.9 Å². The molecule has 0 atom stereocenters. The zero-order valence-electron chi connectivity index (χ0n) is 13.7. The van der Waals surface area contributed by atoms with Crippen LogP contribution in [0.15, 0.2) is 53.6 Å². The number of ether oxygens (including phenoxy) is 1. The molecule has 2 aromatic carbocycles. The zero-order chi connectivity index (χ0) is 19.9. The van der Waals surface area contributed by atoms with E-state index >= 15 is 0 Å². The average Bonchev–Trinajstić information content (AvgIpc) is 2.60. The van der Waals surface area contributed by atoms with E-state index in [1.807, 2.05) is 0 Å². The third-order valence-corrected chi connectivity index (χ3v) is 3.31. The second-order valence-corrected chi connectivity index (χ2v) is 5.50. The summed E-state index contributed by atoms with van der Waals surface area (Å²) in [7, 11) is 0. The largest absolute Gasteiger partial charge is 0.481 e. The number of hydrazone groups is 1. The van der Waals surface area contributed by atoms with Gasteiger partial charge in [0.05, 0.1) is 17.5 Å². The molecule has 0 aliphatic heterocycles. The van der Waals surface area contributed by atoms with E-state index in [0.717, 1.165) is 6.07 Å². The van der Waals surface area contributed by atoms with Crippen molar-refractivity contribution in [1.82, 2.24) is 5.43 Å². The van der Waals surface area contributed by atoms with Crippen LogP contribution in [0, 0.1) is 0 Å². The minimum Gasteiger partial charge on any atom is -0.481 e. The van der Waals surface area contributed by atoms with Crippen molar-refractivity contribution >= 4 is 35.2 Å². The summed E-state index contributed by atoms with van der Waals surface area (Å²) in [5.41, 5.74) is 1.80. The van der Waals surface area contributed by atoms with Gasteiger partial charge < -0.3 is 15.2 Å². The number of carbonyl (C=O) groups is 1. The quantitative estimate of drug-likeness (QED) is 0.393. The Morgan fingerprint density at radius 2 is 1.85 bits per heavy atom. The Morgan fingerprint density at radius 1 is 1.19 bits per heavy atom. The molecule has 0 aromatic heterocycles. The molecule has 3 N–H and O–H groups in total. The molecular formula is C17H14F3N3O3S. The summed E-state index contributed by atoms with van der Waals surface area (Å²) in [4.78, 5) is 10.6. The Bertz CT molecular complexity index is 857. The smallest absolute Gasteiger partial charge is 0.418 e. The van der Waals surface area contributed by atoms with Crippen LogP contribution in [0.5, 0.6) is 5.75 Å². The third-order valence-electron chi connectivity index (χ3n) is 3.12. The van der Waals surface area contributed by atoms with Crippen LogP contribution < -0.4 is 15.5 Å². The summed E-state index contributed by atoms with van der Waals surface area (Å²) < 4.78 is 44.0. The van der Waals surface area contributed by atoms with Gasteiger partial charge in [0, 0.05) is 5.56 Å². The van der Waals surface area contributed by atoms with Gasteiger partial charge in [-0.25, -0.2) is 4.79 Å². The number of halogens is 3. The predicted octanol–water partition coefficient (Wildman–Crippen LogP) is 3.49. The minimum atomic E-state index is -4.52. The van der Waals surface area contributed by atoms with Gasteiger partial charge in [-0.3, -0.25) is 5.43 Å². The minimum absolute atomic E-state index is 0.146. The van der Waals surface area contributed by atoms with Crippen LogP contribution in [0.25, 0.3) is 0 Å². The molecule has 27 heavy (non-hydrogen) atoms. The molecule has 0 unspecified atom stereocenters. The summed E-state index contributed by atoms with van der Waals surface area (Å²) in [6.07, 6.45) is -3.22. The highest BCUT2D eigenvalue weighted by atomic mass is 32.1. The number of carboxylic acids is 1. The predicted molar refractivity (Wildman–Crippen MR) is 98.0 cm³/mol. The van der Waals surface area contributed by atoms with Gasteiger partial charge >= 0.3 is 12.1 Å². The summed E-state index contributed by atoms with van der Waals surface area (Å²) in [5, 5.41) is 14.8. The number of anilines is 1. The standard InChI is InChI=1S/C17H14F3N3O3S/c18-17(19,20)12-6-2-3-7-13(12)22-16(27)23-21-9-11-5-1-4-8-14(11)26-10-15(24)25/h1-9H,10H2,(H,24,25)(H2,22,23,27)/b21-9-. The molecule has 0 spiro atoms. The lowest BCUT2D eigenvalue weighted by Gasteiger charge is -2.14. The number of hydrogen-bond acceptors (Lipinski definition) is 4. The van der Waals surface area contributed by atoms with Crippen molar-refractivity contribution in [2.75, 3.05) is 11.9 Å². The van der Waals surface area contributed by atoms with Crippen LogP contribution in [0.2, 0.25) is 0 Å². The number of para-hydroxylation sites is 2. The van der Waals surface area contributed by atoms with Crippen molar-refractivity contribution in [1.29, 1.82) is 0 Å². The van der Waals surface area contributed by atoms with Gasteiger partial charge in [0.1, 0.15) is 5.75 Å². The summed E-state index contributed by atoms with van der Waals surface area (Å²) in [6.45, 7) is -0.521. The highest BCUT2D eigenvalue weighted by Crippen LogP contribution is 2.34. The van der Waals surface area contributed by atoms with Crippen molar-refractivity contribution in [2.45, 2.75) is 6.18 Å². The van der Waals surface area contributed by atoms with Crippen molar-refractivity contribution in [3.05, 3.63) is 59.7 Å². The fraction of sp³-hybridized carbons (Fsp3) is 0.118. The number of alkyl halides is 3. The molecule has 2 aromatic rings. The van der Waals surface area contributed by atoms with E-state index in [2.05, 4.69) is 15.8 Å². The number of thiocarbonyl (C=S) groups is 1. The number of benzene rings is 2. The lowest BCUT2D eigenvalue weighted by molar-refractivity contribution is -0.139. The van der Waals surface area contributed by atoms with Gasteiger partial charge in [0.25, 0.3) is 0 Å². The van der Waals surface area contributed by atoms with E-state index in [0.29, 0.717) is 5.56 Å². The lowest BCUT2D eigenvalue weighted by atomic mass is 10.2. The van der Waals surface area contributed by atoms with Gasteiger partial charge in [-0.2, -0.15) is 18.3 Å². The number of nitrogens with one attached hydrogen (secondary N) is 2. The van der Waals surface area contributed by atoms with Crippen LogP contribution in [-0.2, 0) is 11.0 Å². The zero-order valence-corrected chi connectivity index (χ0v) is 14.5. The van der Waals surface area contributed by atoms with Crippen molar-refractivity contribution in [3.8, 4) is 5.75 Å². The molecule has 0 fully saturated rings. The maximum Gasteiger partial charge on any atom is 0.418 e. The Hall–Kier alpha value is -3.14. The molecule has 2 rings (SSSR count). The second kappa shape index (κ2) is 8.99. The molecule has 0 bridgehead atoms. The first kappa shape index (κ1) is 20.2. The number of rotatable bonds is 6. The van der Waals surface area contributed by atoms with E-state index in [1.165, 1.54) is 24.4 Å². The van der Waals surface area contributed by atoms with Crippen LogP contribution >= 0.6 is 12.2 Å². The first-order valence-electron chi connectivity index (χ1n) is 7.47.